The molecule has 2 aromatic rings. The van der Waals surface area contributed by atoms with Crippen LogP contribution in [0.3, 0.4) is 0 Å². The Hall–Kier alpha value is -2.60. The SMILES string of the molecule is CC1=C(C(=O)O)C=CC(Cl)(c2ccc3cn[nH]c3c2)C1C(=O)O. The number of fused-ring (bicyclic) bond motifs is 1. The van der Waals surface area contributed by atoms with E-state index in [0.29, 0.717) is 5.56 Å². The number of nitrogens with zero attached hydrogens (tertiary/aromatic N) is 1. The normalized spacial score (nSPS) is 24.2. The van der Waals surface area contributed by atoms with Gasteiger partial charge in [-0.3, -0.25) is 9.89 Å². The number of aromatic amines is 1. The zero-order chi connectivity index (χ0) is 16.8. The molecule has 1 aliphatic rings. The molecule has 0 radical (unpaired) electrons. The number of benzene rings is 1. The molecule has 3 rings (SSSR count). The molecule has 0 bridgehead atoms. The zero-order valence-electron chi connectivity index (χ0n) is 12.1. The van der Waals surface area contributed by atoms with Gasteiger partial charge in [0.05, 0.1) is 17.3 Å². The summed E-state index contributed by atoms with van der Waals surface area (Å²) in [6, 6.07) is 5.25. The average Bonchev–Trinajstić information content (AvgIpc) is 2.93. The van der Waals surface area contributed by atoms with Crippen LogP contribution >= 0.6 is 11.6 Å². The van der Waals surface area contributed by atoms with Crippen molar-refractivity contribution in [3.8, 4) is 0 Å². The van der Waals surface area contributed by atoms with E-state index in [1.165, 1.54) is 19.1 Å². The minimum atomic E-state index is -1.37. The maximum atomic E-state index is 11.8. The van der Waals surface area contributed by atoms with Crippen LogP contribution in [0.25, 0.3) is 10.9 Å². The van der Waals surface area contributed by atoms with Gasteiger partial charge < -0.3 is 10.2 Å². The molecule has 0 aliphatic heterocycles. The number of rotatable bonds is 3. The largest absolute Gasteiger partial charge is 0.481 e. The van der Waals surface area contributed by atoms with Crippen LogP contribution in [0, 0.1) is 5.92 Å². The highest BCUT2D eigenvalue weighted by Crippen LogP contribution is 2.46. The summed E-state index contributed by atoms with van der Waals surface area (Å²) in [4.78, 5) is 21.7. The fraction of sp³-hybridized carbons (Fsp3) is 0.188. The number of carboxylic acid groups (broad SMARTS) is 2. The van der Waals surface area contributed by atoms with Gasteiger partial charge in [0.15, 0.2) is 0 Å². The molecule has 0 saturated heterocycles. The number of hydrogen-bond donors (Lipinski definition) is 3. The lowest BCUT2D eigenvalue weighted by Crippen LogP contribution is -2.37. The third kappa shape index (κ3) is 2.31. The number of aliphatic carboxylic acids is 2. The highest BCUT2D eigenvalue weighted by Gasteiger charge is 2.46. The van der Waals surface area contributed by atoms with Gasteiger partial charge in [0, 0.05) is 5.39 Å². The van der Waals surface area contributed by atoms with Crippen molar-refractivity contribution in [2.75, 3.05) is 0 Å². The first-order valence-corrected chi connectivity index (χ1v) is 7.21. The monoisotopic (exact) mass is 332 g/mol. The van der Waals surface area contributed by atoms with Crippen LogP contribution in [0.1, 0.15) is 12.5 Å². The number of allylic oxidation sites excluding steroid dienone is 1. The molecule has 3 N–H and O–H groups in total. The molecule has 6 nitrogen and oxygen atoms in total. The van der Waals surface area contributed by atoms with Crippen LogP contribution in [0.15, 0.2) is 47.7 Å². The Bertz CT molecular complexity index is 883. The van der Waals surface area contributed by atoms with Gasteiger partial charge in [-0.25, -0.2) is 4.79 Å². The van der Waals surface area contributed by atoms with Crippen molar-refractivity contribution in [3.05, 3.63) is 53.3 Å². The molecular formula is C16H13ClN2O4. The molecule has 118 valence electrons. The minimum absolute atomic E-state index is 0.0451. The summed E-state index contributed by atoms with van der Waals surface area (Å²) in [7, 11) is 0. The molecule has 0 fully saturated rings. The Kier molecular flexibility index (Phi) is 3.49. The van der Waals surface area contributed by atoms with Crippen LogP contribution < -0.4 is 0 Å². The molecule has 2 atom stereocenters. The van der Waals surface area contributed by atoms with Crippen molar-refractivity contribution in [2.24, 2.45) is 5.92 Å². The van der Waals surface area contributed by atoms with Crippen molar-refractivity contribution in [1.82, 2.24) is 10.2 Å². The van der Waals surface area contributed by atoms with Gasteiger partial charge in [-0.05, 0) is 30.2 Å². The number of alkyl halides is 1. The number of halogens is 1. The number of nitrogens with one attached hydrogen (secondary N) is 1. The summed E-state index contributed by atoms with van der Waals surface area (Å²) >= 11 is 6.66. The molecule has 2 unspecified atom stereocenters. The Morgan fingerprint density at radius 2 is 2.09 bits per heavy atom. The number of carbonyl (C=O) groups is 2. The first-order chi connectivity index (χ1) is 10.8. The van der Waals surface area contributed by atoms with E-state index in [2.05, 4.69) is 10.2 Å². The van der Waals surface area contributed by atoms with E-state index in [1.807, 2.05) is 0 Å². The predicted molar refractivity (Wildman–Crippen MR) is 84.2 cm³/mol. The van der Waals surface area contributed by atoms with Crippen molar-refractivity contribution in [1.29, 1.82) is 0 Å². The Balaban J connectivity index is 2.18. The van der Waals surface area contributed by atoms with E-state index < -0.39 is 22.7 Å². The lowest BCUT2D eigenvalue weighted by molar-refractivity contribution is -0.141. The van der Waals surface area contributed by atoms with E-state index in [9.17, 15) is 19.8 Å². The van der Waals surface area contributed by atoms with Crippen molar-refractivity contribution in [3.63, 3.8) is 0 Å². The van der Waals surface area contributed by atoms with Gasteiger partial charge in [0.1, 0.15) is 10.8 Å². The zero-order valence-corrected chi connectivity index (χ0v) is 12.8. The minimum Gasteiger partial charge on any atom is -0.481 e. The van der Waals surface area contributed by atoms with E-state index in [0.717, 1.165) is 10.9 Å². The molecule has 1 aromatic heterocycles. The van der Waals surface area contributed by atoms with Gasteiger partial charge in [-0.15, -0.1) is 11.6 Å². The number of hydrogen-bond acceptors (Lipinski definition) is 3. The topological polar surface area (TPSA) is 103 Å². The molecule has 0 saturated carbocycles. The lowest BCUT2D eigenvalue weighted by Gasteiger charge is -2.34. The molecule has 7 heteroatoms. The van der Waals surface area contributed by atoms with Crippen LogP contribution in [-0.2, 0) is 14.5 Å². The maximum absolute atomic E-state index is 11.8. The summed E-state index contributed by atoms with van der Waals surface area (Å²) in [5.41, 5.74) is 1.46. The van der Waals surface area contributed by atoms with Crippen LogP contribution in [0.4, 0.5) is 0 Å². The second-order valence-electron chi connectivity index (χ2n) is 5.45. The molecular weight excluding hydrogens is 320 g/mol. The summed E-state index contributed by atoms with van der Waals surface area (Å²) in [6.07, 6.45) is 4.45. The van der Waals surface area contributed by atoms with Gasteiger partial charge in [-0.1, -0.05) is 18.2 Å². The predicted octanol–water partition coefficient (Wildman–Crippen LogP) is 2.67. The fourth-order valence-corrected chi connectivity index (χ4v) is 3.38. The molecule has 0 amide bonds. The first-order valence-electron chi connectivity index (χ1n) is 6.83. The third-order valence-electron chi connectivity index (χ3n) is 4.13. The summed E-state index contributed by atoms with van der Waals surface area (Å²) in [6.45, 7) is 1.48. The van der Waals surface area contributed by atoms with Gasteiger partial charge >= 0.3 is 11.9 Å². The van der Waals surface area contributed by atoms with Crippen molar-refractivity contribution >= 4 is 34.4 Å². The number of H-pyrrole nitrogens is 1. The number of aromatic nitrogens is 2. The quantitative estimate of drug-likeness (QED) is 0.750. The van der Waals surface area contributed by atoms with Crippen molar-refractivity contribution in [2.45, 2.75) is 11.8 Å². The average molecular weight is 333 g/mol. The Labute approximate surface area is 136 Å². The molecule has 1 aromatic carbocycles. The van der Waals surface area contributed by atoms with E-state index in [4.69, 9.17) is 11.6 Å². The van der Waals surface area contributed by atoms with Crippen LogP contribution in [0.5, 0.6) is 0 Å². The highest BCUT2D eigenvalue weighted by molar-refractivity contribution is 6.27. The Morgan fingerprint density at radius 3 is 2.74 bits per heavy atom. The molecule has 1 aliphatic carbocycles. The van der Waals surface area contributed by atoms with Crippen molar-refractivity contribution < 1.29 is 19.8 Å². The summed E-state index contributed by atoms with van der Waals surface area (Å²) < 4.78 is 0. The van der Waals surface area contributed by atoms with Crippen LogP contribution in [-0.4, -0.2) is 32.3 Å². The van der Waals surface area contributed by atoms with Gasteiger partial charge in [0.25, 0.3) is 0 Å². The van der Waals surface area contributed by atoms with Crippen LogP contribution in [0.2, 0.25) is 0 Å². The Morgan fingerprint density at radius 1 is 1.35 bits per heavy atom. The molecule has 23 heavy (non-hydrogen) atoms. The second-order valence-corrected chi connectivity index (χ2v) is 6.07. The first kappa shape index (κ1) is 15.3. The number of carboxylic acids is 2. The van der Waals surface area contributed by atoms with Gasteiger partial charge in [-0.2, -0.15) is 5.10 Å². The molecule has 0 spiro atoms. The maximum Gasteiger partial charge on any atom is 0.335 e. The lowest BCUT2D eigenvalue weighted by atomic mass is 9.75. The summed E-state index contributed by atoms with van der Waals surface area (Å²) in [5.74, 6) is -3.53. The fourth-order valence-electron chi connectivity index (χ4n) is 2.95. The third-order valence-corrected chi connectivity index (χ3v) is 4.69. The summed E-state index contributed by atoms with van der Waals surface area (Å²) in [5, 5.41) is 26.4. The standard InChI is InChI=1S/C16H13ClN2O4/c1-8-11(14(20)21)4-5-16(17,13(8)15(22)23)10-3-2-9-7-18-19-12(9)6-10/h2-7,13H,1H3,(H,18,19)(H,20,21)(H,22,23). The van der Waals surface area contributed by atoms with E-state index in [-0.39, 0.29) is 11.1 Å². The second kappa shape index (κ2) is 5.24. The van der Waals surface area contributed by atoms with Gasteiger partial charge in [0.2, 0.25) is 0 Å². The highest BCUT2D eigenvalue weighted by atomic mass is 35.5. The molecule has 1 heterocycles. The van der Waals surface area contributed by atoms with E-state index >= 15 is 0 Å². The smallest absolute Gasteiger partial charge is 0.335 e. The van der Waals surface area contributed by atoms with E-state index in [1.54, 1.807) is 24.4 Å².